The normalized spacial score (nSPS) is 10.9. The first-order valence-corrected chi connectivity index (χ1v) is 9.57. The van der Waals surface area contributed by atoms with E-state index >= 15 is 0 Å². The van der Waals surface area contributed by atoms with Gasteiger partial charge >= 0.3 is 0 Å². The standard InChI is InChI=1S/C18H25Cl2N5O2/c1-3-16-18(27-15-9-13(19)8-14(20)10-15)17(25(24-16)7-4-21)11-22-5-6-23-12(2)26/h8-10,22H,3-7,11,21H2,1-2H3,(H,23,26). The average Bonchev–Trinajstić information content (AvgIpc) is 2.90. The van der Waals surface area contributed by atoms with Crippen LogP contribution in [0.4, 0.5) is 0 Å². The maximum Gasteiger partial charge on any atom is 0.216 e. The fourth-order valence-electron chi connectivity index (χ4n) is 2.60. The number of aromatic nitrogens is 2. The number of nitrogens with one attached hydrogen (secondary N) is 2. The van der Waals surface area contributed by atoms with Gasteiger partial charge in [-0.15, -0.1) is 0 Å². The minimum absolute atomic E-state index is 0.0555. The van der Waals surface area contributed by atoms with Crippen LogP contribution in [0.3, 0.4) is 0 Å². The third kappa shape index (κ3) is 6.39. The van der Waals surface area contributed by atoms with Crippen molar-refractivity contribution in [1.82, 2.24) is 20.4 Å². The highest BCUT2D eigenvalue weighted by Gasteiger charge is 2.19. The molecular formula is C18H25Cl2N5O2. The van der Waals surface area contributed by atoms with E-state index in [-0.39, 0.29) is 5.91 Å². The third-order valence-electron chi connectivity index (χ3n) is 3.78. The van der Waals surface area contributed by atoms with Gasteiger partial charge in [0.15, 0.2) is 5.75 Å². The molecule has 2 aromatic rings. The molecule has 1 amide bonds. The molecule has 0 saturated carbocycles. The van der Waals surface area contributed by atoms with Crippen molar-refractivity contribution in [3.05, 3.63) is 39.6 Å². The summed E-state index contributed by atoms with van der Waals surface area (Å²) in [6.45, 7) is 6.24. The molecule has 1 aromatic heterocycles. The Morgan fingerprint density at radius 2 is 1.96 bits per heavy atom. The van der Waals surface area contributed by atoms with Gasteiger partial charge in [0, 0.05) is 43.1 Å². The Bertz CT molecular complexity index is 759. The molecule has 148 valence electrons. The maximum absolute atomic E-state index is 11.0. The number of aryl methyl sites for hydroxylation is 1. The first-order valence-electron chi connectivity index (χ1n) is 8.82. The Morgan fingerprint density at radius 3 is 2.56 bits per heavy atom. The van der Waals surface area contributed by atoms with Gasteiger partial charge in [0.1, 0.15) is 11.4 Å². The molecule has 9 heteroatoms. The first kappa shape index (κ1) is 21.5. The van der Waals surface area contributed by atoms with Crippen LogP contribution in [-0.4, -0.2) is 35.3 Å². The number of nitrogens with zero attached hydrogens (tertiary/aromatic N) is 2. The van der Waals surface area contributed by atoms with Crippen molar-refractivity contribution in [3.63, 3.8) is 0 Å². The van der Waals surface area contributed by atoms with Crippen molar-refractivity contribution < 1.29 is 9.53 Å². The first-order chi connectivity index (χ1) is 12.9. The SMILES string of the molecule is CCc1nn(CCN)c(CNCCNC(C)=O)c1Oc1cc(Cl)cc(Cl)c1. The van der Waals surface area contributed by atoms with E-state index in [1.165, 1.54) is 6.92 Å². The number of halogens is 2. The lowest BCUT2D eigenvalue weighted by Gasteiger charge is -2.12. The molecule has 0 bridgehead atoms. The molecular weight excluding hydrogens is 389 g/mol. The molecule has 0 aliphatic heterocycles. The second-order valence-corrected chi connectivity index (χ2v) is 6.83. The predicted molar refractivity (Wildman–Crippen MR) is 108 cm³/mol. The zero-order valence-corrected chi connectivity index (χ0v) is 17.0. The van der Waals surface area contributed by atoms with Crippen LogP contribution in [0.15, 0.2) is 18.2 Å². The largest absolute Gasteiger partial charge is 0.453 e. The van der Waals surface area contributed by atoms with Gasteiger partial charge in [0.2, 0.25) is 5.91 Å². The van der Waals surface area contributed by atoms with E-state index in [0.29, 0.717) is 60.7 Å². The van der Waals surface area contributed by atoms with E-state index < -0.39 is 0 Å². The Kier molecular flexibility index (Phi) is 8.37. The van der Waals surface area contributed by atoms with Gasteiger partial charge in [-0.05, 0) is 24.6 Å². The molecule has 0 aliphatic rings. The van der Waals surface area contributed by atoms with Crippen molar-refractivity contribution in [3.8, 4) is 11.5 Å². The number of rotatable bonds is 10. The quantitative estimate of drug-likeness (QED) is 0.520. The number of carbonyl (C=O) groups excluding carboxylic acids is 1. The number of ether oxygens (including phenoxy) is 1. The summed E-state index contributed by atoms with van der Waals surface area (Å²) in [6, 6.07) is 5.07. The zero-order chi connectivity index (χ0) is 19.8. The Morgan fingerprint density at radius 1 is 1.26 bits per heavy atom. The molecule has 0 atom stereocenters. The van der Waals surface area contributed by atoms with Gasteiger partial charge in [-0.25, -0.2) is 0 Å². The van der Waals surface area contributed by atoms with Gasteiger partial charge in [-0.2, -0.15) is 5.10 Å². The molecule has 0 fully saturated rings. The summed E-state index contributed by atoms with van der Waals surface area (Å²) in [5.41, 5.74) is 7.44. The second kappa shape index (κ2) is 10.5. The summed E-state index contributed by atoms with van der Waals surface area (Å²) >= 11 is 12.2. The average molecular weight is 414 g/mol. The lowest BCUT2D eigenvalue weighted by atomic mass is 10.2. The number of benzene rings is 1. The van der Waals surface area contributed by atoms with Gasteiger partial charge in [-0.3, -0.25) is 9.48 Å². The van der Waals surface area contributed by atoms with E-state index in [2.05, 4.69) is 15.7 Å². The summed E-state index contributed by atoms with van der Waals surface area (Å²) in [5, 5.41) is 11.7. The van der Waals surface area contributed by atoms with Gasteiger partial charge in [0.05, 0.1) is 12.2 Å². The van der Waals surface area contributed by atoms with E-state index in [0.717, 1.165) is 11.4 Å². The van der Waals surface area contributed by atoms with Gasteiger partial charge < -0.3 is 21.1 Å². The lowest BCUT2D eigenvalue weighted by molar-refractivity contribution is -0.118. The number of carbonyl (C=O) groups is 1. The molecule has 7 nitrogen and oxygen atoms in total. The topological polar surface area (TPSA) is 94.2 Å². The molecule has 4 N–H and O–H groups in total. The highest BCUT2D eigenvalue weighted by molar-refractivity contribution is 6.34. The van der Waals surface area contributed by atoms with E-state index in [1.807, 2.05) is 11.6 Å². The summed E-state index contributed by atoms with van der Waals surface area (Å²) in [5.74, 6) is 1.17. The van der Waals surface area contributed by atoms with Crippen LogP contribution in [0, 0.1) is 0 Å². The third-order valence-corrected chi connectivity index (χ3v) is 4.21. The van der Waals surface area contributed by atoms with Crippen molar-refractivity contribution in [2.75, 3.05) is 19.6 Å². The lowest BCUT2D eigenvalue weighted by Crippen LogP contribution is -2.30. The van der Waals surface area contributed by atoms with Crippen LogP contribution < -0.4 is 21.1 Å². The minimum Gasteiger partial charge on any atom is -0.453 e. The Balaban J connectivity index is 2.23. The van der Waals surface area contributed by atoms with Crippen molar-refractivity contribution in [2.45, 2.75) is 33.4 Å². The summed E-state index contributed by atoms with van der Waals surface area (Å²) in [7, 11) is 0. The fraction of sp³-hybridized carbons (Fsp3) is 0.444. The highest BCUT2D eigenvalue weighted by atomic mass is 35.5. The summed E-state index contributed by atoms with van der Waals surface area (Å²) in [6.07, 6.45) is 0.708. The molecule has 1 aromatic carbocycles. The number of amides is 1. The molecule has 27 heavy (non-hydrogen) atoms. The maximum atomic E-state index is 11.0. The van der Waals surface area contributed by atoms with Gasteiger partial charge in [-0.1, -0.05) is 30.1 Å². The number of hydrogen-bond donors (Lipinski definition) is 3. The van der Waals surface area contributed by atoms with E-state index in [1.54, 1.807) is 18.2 Å². The highest BCUT2D eigenvalue weighted by Crippen LogP contribution is 2.33. The van der Waals surface area contributed by atoms with Crippen molar-refractivity contribution in [1.29, 1.82) is 0 Å². The number of nitrogens with two attached hydrogens (primary N) is 1. The van der Waals surface area contributed by atoms with Crippen LogP contribution in [0.25, 0.3) is 0 Å². The molecule has 0 saturated heterocycles. The van der Waals surface area contributed by atoms with Crippen LogP contribution in [0.5, 0.6) is 11.5 Å². The molecule has 1 heterocycles. The van der Waals surface area contributed by atoms with Gasteiger partial charge in [0.25, 0.3) is 0 Å². The van der Waals surface area contributed by atoms with Crippen molar-refractivity contribution >= 4 is 29.1 Å². The van der Waals surface area contributed by atoms with Crippen molar-refractivity contribution in [2.24, 2.45) is 5.73 Å². The monoisotopic (exact) mass is 413 g/mol. The second-order valence-electron chi connectivity index (χ2n) is 5.95. The molecule has 2 rings (SSSR count). The minimum atomic E-state index is -0.0555. The van der Waals surface area contributed by atoms with Crippen LogP contribution >= 0.6 is 23.2 Å². The molecule has 0 radical (unpaired) electrons. The molecule has 0 unspecified atom stereocenters. The van der Waals surface area contributed by atoms with Crippen LogP contribution in [-0.2, 0) is 24.3 Å². The molecule has 0 aliphatic carbocycles. The smallest absolute Gasteiger partial charge is 0.216 e. The van der Waals surface area contributed by atoms with Crippen LogP contribution in [0.2, 0.25) is 10.0 Å². The summed E-state index contributed by atoms with van der Waals surface area (Å²) in [4.78, 5) is 11.0. The van der Waals surface area contributed by atoms with Crippen LogP contribution in [0.1, 0.15) is 25.2 Å². The number of hydrogen-bond acceptors (Lipinski definition) is 5. The van der Waals surface area contributed by atoms with E-state index in [4.69, 9.17) is 33.7 Å². The molecule has 0 spiro atoms. The Labute approximate surface area is 169 Å². The predicted octanol–water partition coefficient (Wildman–Crippen LogP) is 2.73. The van der Waals surface area contributed by atoms with E-state index in [9.17, 15) is 4.79 Å². The Hall–Kier alpha value is -1.80. The zero-order valence-electron chi connectivity index (χ0n) is 15.5. The summed E-state index contributed by atoms with van der Waals surface area (Å²) < 4.78 is 7.97. The fourth-order valence-corrected chi connectivity index (χ4v) is 3.11.